The molecule has 1 aromatic carbocycles. The van der Waals surface area contributed by atoms with Crippen LogP contribution >= 0.6 is 0 Å². The Morgan fingerprint density at radius 3 is 2.56 bits per heavy atom. The molecule has 2 N–H and O–H groups in total. The van der Waals surface area contributed by atoms with Crippen molar-refractivity contribution in [1.82, 2.24) is 5.32 Å². The fourth-order valence-electron chi connectivity index (χ4n) is 2.26. The summed E-state index contributed by atoms with van der Waals surface area (Å²) in [6.45, 7) is 4.18. The van der Waals surface area contributed by atoms with Gasteiger partial charge in [-0.05, 0) is 32.5 Å². The van der Waals surface area contributed by atoms with Crippen molar-refractivity contribution in [3.8, 4) is 0 Å². The predicted octanol–water partition coefficient (Wildman–Crippen LogP) is 1.16. The molecule has 1 unspecified atom stereocenters. The molecule has 3 heteroatoms. The molecule has 1 aliphatic heterocycles. The third-order valence-corrected chi connectivity index (χ3v) is 3.59. The maximum Gasteiger partial charge on any atom is 0.0631 e. The molecular formula is C13H20N2O. The highest BCUT2D eigenvalue weighted by Gasteiger charge is 2.36. The smallest absolute Gasteiger partial charge is 0.0631 e. The van der Waals surface area contributed by atoms with Crippen molar-refractivity contribution in [3.63, 3.8) is 0 Å². The van der Waals surface area contributed by atoms with E-state index < -0.39 is 0 Å². The molecule has 1 fully saturated rings. The van der Waals surface area contributed by atoms with Gasteiger partial charge in [0.25, 0.3) is 0 Å². The van der Waals surface area contributed by atoms with Crippen LogP contribution in [0.3, 0.4) is 0 Å². The minimum atomic E-state index is -0.120. The number of nitrogens with one attached hydrogen (secondary N) is 1. The number of hydrogen-bond donors (Lipinski definition) is 2. The van der Waals surface area contributed by atoms with Crippen LogP contribution in [0.4, 0.5) is 5.69 Å². The summed E-state index contributed by atoms with van der Waals surface area (Å²) in [5.41, 5.74) is 2.41. The largest absolute Gasteiger partial charge is 0.394 e. The molecule has 0 saturated carbocycles. The van der Waals surface area contributed by atoms with E-state index in [9.17, 15) is 5.11 Å². The number of rotatable bonds is 3. The van der Waals surface area contributed by atoms with Crippen molar-refractivity contribution in [2.75, 3.05) is 31.6 Å². The summed E-state index contributed by atoms with van der Waals surface area (Å²) >= 11 is 0. The first kappa shape index (κ1) is 11.4. The molecule has 16 heavy (non-hydrogen) atoms. The molecule has 0 radical (unpaired) electrons. The topological polar surface area (TPSA) is 35.5 Å². The van der Waals surface area contributed by atoms with Gasteiger partial charge in [-0.2, -0.15) is 0 Å². The minimum Gasteiger partial charge on any atom is -0.394 e. The van der Waals surface area contributed by atoms with Gasteiger partial charge < -0.3 is 15.3 Å². The van der Waals surface area contributed by atoms with Crippen molar-refractivity contribution >= 4 is 5.69 Å². The van der Waals surface area contributed by atoms with Crippen molar-refractivity contribution in [3.05, 3.63) is 29.8 Å². The fraction of sp³-hybridized carbons (Fsp3) is 0.538. The lowest BCUT2D eigenvalue weighted by Gasteiger charge is -2.27. The lowest BCUT2D eigenvalue weighted by molar-refractivity contribution is 0.184. The van der Waals surface area contributed by atoms with Crippen molar-refractivity contribution in [2.45, 2.75) is 18.9 Å². The van der Waals surface area contributed by atoms with Gasteiger partial charge in [-0.1, -0.05) is 17.7 Å². The van der Waals surface area contributed by atoms with Gasteiger partial charge in [-0.15, -0.1) is 0 Å². The first-order valence-electron chi connectivity index (χ1n) is 5.80. The van der Waals surface area contributed by atoms with E-state index in [-0.39, 0.29) is 12.1 Å². The summed E-state index contributed by atoms with van der Waals surface area (Å²) in [4.78, 5) is 2.33. The highest BCUT2D eigenvalue weighted by molar-refractivity contribution is 5.49. The fourth-order valence-corrected chi connectivity index (χ4v) is 2.26. The van der Waals surface area contributed by atoms with Gasteiger partial charge in [0.15, 0.2) is 0 Å². The van der Waals surface area contributed by atoms with Crippen LogP contribution in [-0.4, -0.2) is 37.4 Å². The third-order valence-electron chi connectivity index (χ3n) is 3.59. The highest BCUT2D eigenvalue weighted by atomic mass is 16.3. The maximum absolute atomic E-state index is 9.44. The maximum atomic E-state index is 9.44. The Balaban J connectivity index is 2.11. The predicted molar refractivity (Wildman–Crippen MR) is 66.9 cm³/mol. The summed E-state index contributed by atoms with van der Waals surface area (Å²) in [6, 6.07) is 8.57. The zero-order chi connectivity index (χ0) is 11.6. The van der Waals surface area contributed by atoms with Gasteiger partial charge in [0.2, 0.25) is 0 Å². The summed E-state index contributed by atoms with van der Waals surface area (Å²) in [6.07, 6.45) is 0.994. The van der Waals surface area contributed by atoms with Crippen molar-refractivity contribution in [2.24, 2.45) is 0 Å². The number of anilines is 1. The van der Waals surface area contributed by atoms with Crippen LogP contribution in [0.1, 0.15) is 12.0 Å². The second kappa shape index (κ2) is 4.44. The Bertz CT molecular complexity index is 343. The Kier molecular flexibility index (Phi) is 3.17. The van der Waals surface area contributed by atoms with Gasteiger partial charge in [0.05, 0.1) is 12.1 Å². The number of aliphatic hydroxyl groups is 1. The molecule has 3 nitrogen and oxygen atoms in total. The number of hydrogen-bond acceptors (Lipinski definition) is 3. The number of likely N-dealkylation sites (N-methyl/N-ethyl adjacent to an activating group) is 1. The van der Waals surface area contributed by atoms with Gasteiger partial charge in [0.1, 0.15) is 0 Å². The quantitative estimate of drug-likeness (QED) is 0.802. The average Bonchev–Trinajstić information content (AvgIpc) is 2.75. The van der Waals surface area contributed by atoms with Gasteiger partial charge in [-0.3, -0.25) is 0 Å². The molecule has 0 aliphatic carbocycles. The van der Waals surface area contributed by atoms with Crippen LogP contribution in [0.2, 0.25) is 0 Å². The monoisotopic (exact) mass is 220 g/mol. The van der Waals surface area contributed by atoms with E-state index >= 15 is 0 Å². The van der Waals surface area contributed by atoms with E-state index in [1.54, 1.807) is 0 Å². The minimum absolute atomic E-state index is 0.120. The molecule has 0 amide bonds. The first-order valence-corrected chi connectivity index (χ1v) is 5.80. The van der Waals surface area contributed by atoms with Crippen LogP contribution < -0.4 is 10.2 Å². The molecule has 1 heterocycles. The van der Waals surface area contributed by atoms with E-state index in [0.29, 0.717) is 0 Å². The zero-order valence-corrected chi connectivity index (χ0v) is 10.0. The summed E-state index contributed by atoms with van der Waals surface area (Å²) in [5, 5.41) is 12.7. The van der Waals surface area contributed by atoms with E-state index in [1.807, 2.05) is 7.05 Å². The SMILES string of the molecule is CNC1(CO)CCN(c2ccc(C)cc2)C1. The molecular weight excluding hydrogens is 200 g/mol. The summed E-state index contributed by atoms with van der Waals surface area (Å²) in [7, 11) is 1.93. The molecule has 1 aromatic rings. The molecule has 1 atom stereocenters. The lowest BCUT2D eigenvalue weighted by Crippen LogP contribution is -2.48. The molecule has 0 bridgehead atoms. The average molecular weight is 220 g/mol. The zero-order valence-electron chi connectivity index (χ0n) is 10.0. The Morgan fingerprint density at radius 2 is 2.06 bits per heavy atom. The van der Waals surface area contributed by atoms with E-state index in [0.717, 1.165) is 19.5 Å². The number of nitrogens with zero attached hydrogens (tertiary/aromatic N) is 1. The summed E-state index contributed by atoms with van der Waals surface area (Å²) in [5.74, 6) is 0. The van der Waals surface area contributed by atoms with Gasteiger partial charge in [0, 0.05) is 18.8 Å². The number of aliphatic hydroxyl groups excluding tert-OH is 1. The van der Waals surface area contributed by atoms with Gasteiger partial charge in [-0.25, -0.2) is 0 Å². The first-order chi connectivity index (χ1) is 7.69. The van der Waals surface area contributed by atoms with Crippen LogP contribution in [-0.2, 0) is 0 Å². The summed E-state index contributed by atoms with van der Waals surface area (Å²) < 4.78 is 0. The number of benzene rings is 1. The normalized spacial score (nSPS) is 25.1. The molecule has 2 rings (SSSR count). The standard InChI is InChI=1S/C13H20N2O/c1-11-3-5-12(6-4-11)15-8-7-13(9-15,10-16)14-2/h3-6,14,16H,7-10H2,1-2H3. The van der Waals surface area contributed by atoms with E-state index in [4.69, 9.17) is 0 Å². The van der Waals surface area contributed by atoms with E-state index in [1.165, 1.54) is 11.3 Å². The Labute approximate surface area is 97.1 Å². The van der Waals surface area contributed by atoms with Crippen molar-refractivity contribution in [1.29, 1.82) is 0 Å². The molecule has 0 spiro atoms. The van der Waals surface area contributed by atoms with Crippen LogP contribution in [0.25, 0.3) is 0 Å². The van der Waals surface area contributed by atoms with Crippen LogP contribution in [0, 0.1) is 6.92 Å². The molecule has 0 aromatic heterocycles. The van der Waals surface area contributed by atoms with Crippen LogP contribution in [0.5, 0.6) is 0 Å². The van der Waals surface area contributed by atoms with Crippen molar-refractivity contribution < 1.29 is 5.11 Å². The second-order valence-electron chi connectivity index (χ2n) is 4.70. The van der Waals surface area contributed by atoms with Crippen LogP contribution in [0.15, 0.2) is 24.3 Å². The Morgan fingerprint density at radius 1 is 1.38 bits per heavy atom. The number of aryl methyl sites for hydroxylation is 1. The second-order valence-corrected chi connectivity index (χ2v) is 4.70. The molecule has 1 aliphatic rings. The lowest BCUT2D eigenvalue weighted by atomic mass is 10.0. The van der Waals surface area contributed by atoms with Gasteiger partial charge >= 0.3 is 0 Å². The van der Waals surface area contributed by atoms with E-state index in [2.05, 4.69) is 41.4 Å². The highest BCUT2D eigenvalue weighted by Crippen LogP contribution is 2.26. The molecule has 88 valence electrons. The Hall–Kier alpha value is -1.06. The molecule has 1 saturated heterocycles. The third kappa shape index (κ3) is 2.06.